The van der Waals surface area contributed by atoms with E-state index in [0.717, 1.165) is 0 Å². The SMILES string of the molecule is C[C@]1(C(=O)O)CSC(c2ccc(OCCOCCO[C@@H]3OC(CO)[C@H](O)C(O)C3O)cc2O)=N1. The third-order valence-corrected chi connectivity index (χ3v) is 6.64. The van der Waals surface area contributed by atoms with Crippen molar-refractivity contribution >= 4 is 22.8 Å². The second-order valence-electron chi connectivity index (χ2n) is 7.99. The maximum absolute atomic E-state index is 11.3. The number of carboxylic acids is 1. The van der Waals surface area contributed by atoms with Crippen LogP contribution in [0.5, 0.6) is 11.5 Å². The van der Waals surface area contributed by atoms with Crippen LogP contribution >= 0.6 is 11.8 Å². The quantitative estimate of drug-likeness (QED) is 0.201. The average molecular weight is 504 g/mol. The molecule has 1 aromatic rings. The lowest BCUT2D eigenvalue weighted by Gasteiger charge is -2.39. The first-order valence-corrected chi connectivity index (χ1v) is 11.6. The number of hydrogen-bond donors (Lipinski definition) is 6. The zero-order chi connectivity index (χ0) is 24.9. The molecule has 6 atom stereocenters. The zero-order valence-electron chi connectivity index (χ0n) is 18.4. The van der Waals surface area contributed by atoms with Crippen LogP contribution in [0.2, 0.25) is 0 Å². The van der Waals surface area contributed by atoms with E-state index in [1.165, 1.54) is 24.8 Å². The molecule has 0 radical (unpaired) electrons. The maximum Gasteiger partial charge on any atom is 0.332 e. The minimum Gasteiger partial charge on any atom is -0.507 e. The molecule has 3 rings (SSSR count). The van der Waals surface area contributed by atoms with Crippen molar-refractivity contribution < 1.29 is 54.4 Å². The van der Waals surface area contributed by atoms with E-state index in [2.05, 4.69) is 4.99 Å². The molecule has 1 aromatic carbocycles. The van der Waals surface area contributed by atoms with Crippen molar-refractivity contribution in [2.75, 3.05) is 38.8 Å². The van der Waals surface area contributed by atoms with Gasteiger partial charge >= 0.3 is 5.97 Å². The third-order valence-electron chi connectivity index (χ3n) is 5.35. The molecule has 34 heavy (non-hydrogen) atoms. The highest BCUT2D eigenvalue weighted by Crippen LogP contribution is 2.35. The van der Waals surface area contributed by atoms with Gasteiger partial charge in [0, 0.05) is 17.4 Å². The van der Waals surface area contributed by atoms with Crippen molar-refractivity contribution in [1.82, 2.24) is 0 Å². The number of aromatic hydroxyl groups is 1. The van der Waals surface area contributed by atoms with Crippen LogP contribution in [0.4, 0.5) is 0 Å². The summed E-state index contributed by atoms with van der Waals surface area (Å²) >= 11 is 1.26. The van der Waals surface area contributed by atoms with Gasteiger partial charge in [-0.2, -0.15) is 0 Å². The Morgan fingerprint density at radius 2 is 1.91 bits per heavy atom. The molecular formula is C21H29NO11S. The fourth-order valence-electron chi connectivity index (χ4n) is 3.28. The highest BCUT2D eigenvalue weighted by atomic mass is 32.2. The summed E-state index contributed by atoms with van der Waals surface area (Å²) in [5.41, 5.74) is -0.783. The first-order chi connectivity index (χ1) is 16.2. The zero-order valence-corrected chi connectivity index (χ0v) is 19.3. The van der Waals surface area contributed by atoms with E-state index in [1.54, 1.807) is 12.1 Å². The number of aliphatic hydroxyl groups is 4. The Kier molecular flexibility index (Phi) is 9.12. The van der Waals surface area contributed by atoms with Crippen LogP contribution in [0, 0.1) is 0 Å². The predicted octanol–water partition coefficient (Wildman–Crippen LogP) is -1.06. The molecule has 0 aliphatic carbocycles. The van der Waals surface area contributed by atoms with Crippen LogP contribution in [0.1, 0.15) is 12.5 Å². The number of aliphatic imine (C=N–C) groups is 1. The van der Waals surface area contributed by atoms with Crippen LogP contribution in [0.25, 0.3) is 0 Å². The van der Waals surface area contributed by atoms with Crippen LogP contribution in [-0.4, -0.2) is 117 Å². The van der Waals surface area contributed by atoms with Crippen molar-refractivity contribution in [3.63, 3.8) is 0 Å². The van der Waals surface area contributed by atoms with Gasteiger partial charge in [0.1, 0.15) is 47.6 Å². The fraction of sp³-hybridized carbons (Fsp3) is 0.619. The van der Waals surface area contributed by atoms with Gasteiger partial charge in [-0.05, 0) is 19.1 Å². The van der Waals surface area contributed by atoms with E-state index in [4.69, 9.17) is 24.1 Å². The molecule has 12 nitrogen and oxygen atoms in total. The van der Waals surface area contributed by atoms with Gasteiger partial charge in [0.2, 0.25) is 0 Å². The van der Waals surface area contributed by atoms with E-state index >= 15 is 0 Å². The van der Waals surface area contributed by atoms with Gasteiger partial charge in [0.25, 0.3) is 0 Å². The Bertz CT molecular complexity index is 882. The number of rotatable bonds is 11. The van der Waals surface area contributed by atoms with Crippen LogP contribution in [0.15, 0.2) is 23.2 Å². The van der Waals surface area contributed by atoms with Gasteiger partial charge in [0.05, 0.1) is 26.4 Å². The van der Waals surface area contributed by atoms with Gasteiger partial charge in [-0.25, -0.2) is 4.79 Å². The molecule has 0 saturated carbocycles. The van der Waals surface area contributed by atoms with Crippen molar-refractivity contribution in [3.05, 3.63) is 23.8 Å². The number of hydrogen-bond acceptors (Lipinski definition) is 12. The van der Waals surface area contributed by atoms with E-state index < -0.39 is 48.8 Å². The number of thioether (sulfide) groups is 1. The molecule has 0 spiro atoms. The molecule has 1 saturated heterocycles. The van der Waals surface area contributed by atoms with Gasteiger partial charge < -0.3 is 49.6 Å². The third kappa shape index (κ3) is 6.17. The lowest BCUT2D eigenvalue weighted by Crippen LogP contribution is -2.59. The molecule has 13 heteroatoms. The summed E-state index contributed by atoms with van der Waals surface area (Å²) in [6.45, 7) is 1.50. The average Bonchev–Trinajstić information content (AvgIpc) is 3.21. The van der Waals surface area contributed by atoms with E-state index in [9.17, 15) is 30.3 Å². The molecule has 2 heterocycles. The van der Waals surface area contributed by atoms with Gasteiger partial charge in [0.15, 0.2) is 11.8 Å². The summed E-state index contributed by atoms with van der Waals surface area (Å²) in [5.74, 6) is -0.417. The maximum atomic E-state index is 11.3. The molecule has 3 unspecified atom stereocenters. The molecule has 2 aliphatic heterocycles. The standard InChI is InChI=1S/C21H29NO11S/c1-21(20(28)29)10-34-18(22-21)12-3-2-11(8-13(12)24)31-6-4-30-5-7-32-19-17(27)16(26)15(25)14(9-23)33-19/h2-3,8,14-17,19,23-27H,4-7,9-10H2,1H3,(H,28,29)/t14?,15-,16?,17?,19+,21+/m0/s1. The van der Waals surface area contributed by atoms with Crippen molar-refractivity contribution in [3.8, 4) is 11.5 Å². The van der Waals surface area contributed by atoms with Gasteiger partial charge in [-0.3, -0.25) is 4.99 Å². The predicted molar refractivity (Wildman–Crippen MR) is 119 cm³/mol. The number of carbonyl (C=O) groups is 1. The number of nitrogens with zero attached hydrogens (tertiary/aromatic N) is 1. The lowest BCUT2D eigenvalue weighted by molar-refractivity contribution is -0.302. The minimum absolute atomic E-state index is 0.0210. The number of aliphatic carboxylic acids is 1. The Labute approximate surface area is 199 Å². The highest BCUT2D eigenvalue weighted by Gasteiger charge is 2.44. The number of carboxylic acid groups (broad SMARTS) is 1. The molecular weight excluding hydrogens is 474 g/mol. The number of benzene rings is 1. The summed E-state index contributed by atoms with van der Waals surface area (Å²) < 4.78 is 21.4. The van der Waals surface area contributed by atoms with Crippen molar-refractivity contribution in [2.24, 2.45) is 4.99 Å². The van der Waals surface area contributed by atoms with Crippen LogP contribution in [-0.2, 0) is 19.0 Å². The second-order valence-corrected chi connectivity index (χ2v) is 8.96. The van der Waals surface area contributed by atoms with Crippen LogP contribution in [0.3, 0.4) is 0 Å². The number of aliphatic hydroxyl groups excluding tert-OH is 4. The van der Waals surface area contributed by atoms with Crippen molar-refractivity contribution in [2.45, 2.75) is 43.2 Å². The van der Waals surface area contributed by atoms with E-state index in [0.29, 0.717) is 16.4 Å². The summed E-state index contributed by atoms with van der Waals surface area (Å²) in [6.07, 6.45) is -6.68. The summed E-state index contributed by atoms with van der Waals surface area (Å²) in [6, 6.07) is 4.66. The Morgan fingerprint density at radius 3 is 2.56 bits per heavy atom. The normalized spacial score (nSPS) is 31.3. The summed E-state index contributed by atoms with van der Waals surface area (Å²) in [4.78, 5) is 15.6. The molecule has 0 bridgehead atoms. The number of phenolic OH excluding ortho intramolecular Hbond substituents is 1. The Balaban J connectivity index is 1.37. The number of phenols is 1. The van der Waals surface area contributed by atoms with E-state index in [1.807, 2.05) is 0 Å². The first kappa shape index (κ1) is 26.6. The van der Waals surface area contributed by atoms with Gasteiger partial charge in [-0.15, -0.1) is 11.8 Å². The topological polar surface area (TPSA) is 188 Å². The van der Waals surface area contributed by atoms with Gasteiger partial charge in [-0.1, -0.05) is 0 Å². The molecule has 190 valence electrons. The minimum atomic E-state index is -1.51. The highest BCUT2D eigenvalue weighted by molar-refractivity contribution is 8.14. The Hall–Kier alpha value is -1.97. The van der Waals surface area contributed by atoms with Crippen LogP contribution < -0.4 is 4.74 Å². The monoisotopic (exact) mass is 503 g/mol. The molecule has 0 aromatic heterocycles. The summed E-state index contributed by atoms with van der Waals surface area (Å²) in [5, 5.41) is 58.5. The molecule has 6 N–H and O–H groups in total. The molecule has 2 aliphatic rings. The summed E-state index contributed by atoms with van der Waals surface area (Å²) in [7, 11) is 0. The number of ether oxygens (including phenoxy) is 4. The smallest absolute Gasteiger partial charge is 0.332 e. The van der Waals surface area contributed by atoms with E-state index in [-0.39, 0.29) is 37.9 Å². The lowest BCUT2D eigenvalue weighted by atomic mass is 9.99. The van der Waals surface area contributed by atoms with Crippen molar-refractivity contribution in [1.29, 1.82) is 0 Å². The molecule has 0 amide bonds. The Morgan fingerprint density at radius 1 is 1.18 bits per heavy atom. The fourth-order valence-corrected chi connectivity index (χ4v) is 4.48. The first-order valence-electron chi connectivity index (χ1n) is 10.6. The molecule has 1 fully saturated rings. The second kappa shape index (κ2) is 11.6. The largest absolute Gasteiger partial charge is 0.507 e.